The highest BCUT2D eigenvalue weighted by Crippen LogP contribution is 2.29. The minimum Gasteiger partial charge on any atom is -0.284 e. The predicted molar refractivity (Wildman–Crippen MR) is 79.3 cm³/mol. The Labute approximate surface area is 113 Å². The number of nitrogens with zero attached hydrogens (tertiary/aromatic N) is 3. The second-order valence-electron chi connectivity index (χ2n) is 5.86. The van der Waals surface area contributed by atoms with Crippen molar-refractivity contribution in [1.29, 1.82) is 0 Å². The number of hydrogen-bond acceptors (Lipinski definition) is 3. The van der Waals surface area contributed by atoms with Gasteiger partial charge in [-0.05, 0) is 12.1 Å². The summed E-state index contributed by atoms with van der Waals surface area (Å²) in [7, 11) is 0. The van der Waals surface area contributed by atoms with Crippen LogP contribution in [0, 0.1) is 5.41 Å². The second kappa shape index (κ2) is 4.26. The molecule has 0 fully saturated rings. The zero-order valence-electron chi connectivity index (χ0n) is 11.5. The first-order valence-corrected chi connectivity index (χ1v) is 6.51. The molecule has 0 atom stereocenters. The fourth-order valence-electron chi connectivity index (χ4n) is 2.28. The van der Waals surface area contributed by atoms with Gasteiger partial charge in [0, 0.05) is 22.1 Å². The molecule has 3 heteroatoms. The number of hydrogen-bond donors (Lipinski definition) is 0. The smallest absolute Gasteiger partial charge is 0.116 e. The lowest BCUT2D eigenvalue weighted by atomic mass is 9.89. The van der Waals surface area contributed by atoms with Crippen molar-refractivity contribution in [2.45, 2.75) is 20.8 Å². The average Bonchev–Trinajstić information content (AvgIpc) is 2.87. The maximum absolute atomic E-state index is 4.64. The van der Waals surface area contributed by atoms with Gasteiger partial charge in [0.05, 0.1) is 17.8 Å². The van der Waals surface area contributed by atoms with Crippen LogP contribution >= 0.6 is 0 Å². The highest BCUT2D eigenvalue weighted by atomic mass is 14.9. The minimum atomic E-state index is 0.0879. The Morgan fingerprint density at radius 3 is 2.58 bits per heavy atom. The van der Waals surface area contributed by atoms with E-state index in [0.717, 1.165) is 22.3 Å². The molecule has 0 spiro atoms. The van der Waals surface area contributed by atoms with Crippen molar-refractivity contribution in [3.05, 3.63) is 42.4 Å². The number of allylic oxidation sites excluding steroid dienone is 1. The van der Waals surface area contributed by atoms with E-state index in [1.807, 2.05) is 18.2 Å². The molecule has 0 saturated carbocycles. The van der Waals surface area contributed by atoms with E-state index in [-0.39, 0.29) is 5.41 Å². The summed E-state index contributed by atoms with van der Waals surface area (Å²) < 4.78 is 0. The Morgan fingerprint density at radius 1 is 1.05 bits per heavy atom. The Hall–Kier alpha value is -2.03. The summed E-state index contributed by atoms with van der Waals surface area (Å²) in [5, 5.41) is 1.10. The van der Waals surface area contributed by atoms with Gasteiger partial charge in [0.25, 0.3) is 0 Å². The summed E-state index contributed by atoms with van der Waals surface area (Å²) in [6.07, 6.45) is 3.81. The van der Waals surface area contributed by atoms with Crippen molar-refractivity contribution in [3.63, 3.8) is 0 Å². The predicted octanol–water partition coefficient (Wildman–Crippen LogP) is 3.51. The molecule has 0 radical (unpaired) electrons. The molecule has 96 valence electrons. The van der Waals surface area contributed by atoms with Crippen LogP contribution in [0.25, 0.3) is 16.5 Å². The van der Waals surface area contributed by atoms with Gasteiger partial charge in [-0.3, -0.25) is 4.99 Å². The molecule has 1 aliphatic heterocycles. The lowest BCUT2D eigenvalue weighted by Gasteiger charge is -2.16. The lowest BCUT2D eigenvalue weighted by molar-refractivity contribution is 0.594. The molecule has 0 N–H and O–H groups in total. The van der Waals surface area contributed by atoms with Crippen LogP contribution < -0.4 is 0 Å². The largest absolute Gasteiger partial charge is 0.284 e. The van der Waals surface area contributed by atoms with Crippen LogP contribution in [0.5, 0.6) is 0 Å². The van der Waals surface area contributed by atoms with Gasteiger partial charge >= 0.3 is 0 Å². The van der Waals surface area contributed by atoms with Crippen LogP contribution in [0.3, 0.4) is 0 Å². The number of aliphatic imine (C=N–C) groups is 1. The van der Waals surface area contributed by atoms with Crippen LogP contribution in [0.4, 0.5) is 0 Å². The zero-order chi connectivity index (χ0) is 13.5. The fraction of sp³-hybridized carbons (Fsp3) is 0.312. The second-order valence-corrected chi connectivity index (χ2v) is 5.86. The van der Waals surface area contributed by atoms with Crippen LogP contribution in [-0.2, 0) is 0 Å². The molecule has 0 bridgehead atoms. The fourth-order valence-corrected chi connectivity index (χ4v) is 2.28. The van der Waals surface area contributed by atoms with E-state index >= 15 is 0 Å². The number of benzene rings is 1. The molecule has 0 amide bonds. The molecule has 19 heavy (non-hydrogen) atoms. The van der Waals surface area contributed by atoms with Crippen molar-refractivity contribution < 1.29 is 0 Å². The standard InChI is InChI=1S/C16H17N3/c1-16(2,3)14-8-11(9-17-14)15-12-6-4-5-7-13(12)18-10-19-15/h4-8,10H,9H2,1-3H3. The monoisotopic (exact) mass is 251 g/mol. The Balaban J connectivity index is 2.08. The zero-order valence-corrected chi connectivity index (χ0v) is 11.5. The van der Waals surface area contributed by atoms with E-state index in [1.165, 1.54) is 5.57 Å². The van der Waals surface area contributed by atoms with Crippen molar-refractivity contribution in [2.75, 3.05) is 6.54 Å². The number of aromatic nitrogens is 2. The van der Waals surface area contributed by atoms with Crippen molar-refractivity contribution in [1.82, 2.24) is 9.97 Å². The summed E-state index contributed by atoms with van der Waals surface area (Å²) in [6.45, 7) is 7.27. The summed E-state index contributed by atoms with van der Waals surface area (Å²) in [5.74, 6) is 0. The quantitative estimate of drug-likeness (QED) is 0.777. The first-order valence-electron chi connectivity index (χ1n) is 6.51. The molecule has 2 aromatic rings. The van der Waals surface area contributed by atoms with Gasteiger partial charge in [0.15, 0.2) is 0 Å². The lowest BCUT2D eigenvalue weighted by Crippen LogP contribution is -2.16. The van der Waals surface area contributed by atoms with E-state index in [1.54, 1.807) is 6.33 Å². The van der Waals surface area contributed by atoms with Crippen LogP contribution in [-0.4, -0.2) is 22.2 Å². The van der Waals surface area contributed by atoms with Crippen molar-refractivity contribution >= 4 is 22.2 Å². The van der Waals surface area contributed by atoms with Crippen molar-refractivity contribution in [3.8, 4) is 0 Å². The molecule has 1 aliphatic rings. The summed E-state index contributed by atoms with van der Waals surface area (Å²) in [4.78, 5) is 13.4. The van der Waals surface area contributed by atoms with Gasteiger partial charge < -0.3 is 0 Å². The summed E-state index contributed by atoms with van der Waals surface area (Å²) in [6, 6.07) is 8.11. The molecule has 1 aromatic carbocycles. The Kier molecular flexibility index (Phi) is 2.70. The normalized spacial score (nSPS) is 15.5. The van der Waals surface area contributed by atoms with E-state index in [0.29, 0.717) is 6.54 Å². The maximum atomic E-state index is 4.64. The highest BCUT2D eigenvalue weighted by Gasteiger charge is 2.22. The molecule has 3 nitrogen and oxygen atoms in total. The number of rotatable bonds is 1. The van der Waals surface area contributed by atoms with E-state index in [4.69, 9.17) is 0 Å². The third-order valence-electron chi connectivity index (χ3n) is 3.35. The number of para-hydroxylation sites is 1. The SMILES string of the molecule is CC(C)(C)C1=NCC(c2ncnc3ccccc23)=C1. The molecular formula is C16H17N3. The van der Waals surface area contributed by atoms with Crippen LogP contribution in [0.1, 0.15) is 26.5 Å². The highest BCUT2D eigenvalue weighted by molar-refractivity contribution is 6.09. The van der Waals surface area contributed by atoms with Gasteiger partial charge in [-0.15, -0.1) is 0 Å². The summed E-state index contributed by atoms with van der Waals surface area (Å²) >= 11 is 0. The van der Waals surface area contributed by atoms with Crippen LogP contribution in [0.2, 0.25) is 0 Å². The van der Waals surface area contributed by atoms with Gasteiger partial charge in [-0.2, -0.15) is 0 Å². The average molecular weight is 251 g/mol. The molecule has 0 aliphatic carbocycles. The molecule has 1 aromatic heterocycles. The Morgan fingerprint density at radius 2 is 1.84 bits per heavy atom. The molecule has 0 unspecified atom stereocenters. The first kappa shape index (κ1) is 12.0. The molecule has 0 saturated heterocycles. The number of fused-ring (bicyclic) bond motifs is 1. The van der Waals surface area contributed by atoms with E-state index in [9.17, 15) is 0 Å². The van der Waals surface area contributed by atoms with E-state index in [2.05, 4.69) is 47.9 Å². The topological polar surface area (TPSA) is 38.1 Å². The van der Waals surface area contributed by atoms with Crippen LogP contribution in [0.15, 0.2) is 41.7 Å². The summed E-state index contributed by atoms with van der Waals surface area (Å²) in [5.41, 5.74) is 4.41. The molecule has 3 rings (SSSR count). The first-order chi connectivity index (χ1) is 9.05. The minimum absolute atomic E-state index is 0.0879. The van der Waals surface area contributed by atoms with Gasteiger partial charge in [-0.1, -0.05) is 39.0 Å². The third-order valence-corrected chi connectivity index (χ3v) is 3.35. The van der Waals surface area contributed by atoms with Gasteiger partial charge in [0.2, 0.25) is 0 Å². The molecular weight excluding hydrogens is 234 g/mol. The molecule has 2 heterocycles. The van der Waals surface area contributed by atoms with E-state index < -0.39 is 0 Å². The van der Waals surface area contributed by atoms with Gasteiger partial charge in [0.1, 0.15) is 6.33 Å². The van der Waals surface area contributed by atoms with Crippen molar-refractivity contribution in [2.24, 2.45) is 10.4 Å². The Bertz CT molecular complexity index is 685. The third kappa shape index (κ3) is 2.16. The maximum Gasteiger partial charge on any atom is 0.116 e. The van der Waals surface area contributed by atoms with Gasteiger partial charge in [-0.25, -0.2) is 9.97 Å².